The number of rotatable bonds is 4. The lowest BCUT2D eigenvalue weighted by Crippen LogP contribution is -1.97. The molecular formula is C14H15NO2. The summed E-state index contributed by atoms with van der Waals surface area (Å²) < 4.78 is 2.03. The second-order valence-corrected chi connectivity index (χ2v) is 4.10. The fourth-order valence-corrected chi connectivity index (χ4v) is 2.17. The van der Waals surface area contributed by atoms with Crippen LogP contribution in [0.2, 0.25) is 0 Å². The topological polar surface area (TPSA) is 42.2 Å². The second kappa shape index (κ2) is 4.45. The molecule has 0 radical (unpaired) electrons. The minimum Gasteiger partial charge on any atom is -0.481 e. The average molecular weight is 229 g/mol. The first-order chi connectivity index (χ1) is 8.13. The SMILES string of the molecule is C=Cc1cccc2c1c(CCC(=O)O)cn2C. The van der Waals surface area contributed by atoms with Crippen LogP contribution in [0.3, 0.4) is 0 Å². The van der Waals surface area contributed by atoms with Gasteiger partial charge in [-0.15, -0.1) is 0 Å². The number of nitrogens with zero attached hydrogens (tertiary/aromatic N) is 1. The van der Waals surface area contributed by atoms with Gasteiger partial charge >= 0.3 is 5.97 Å². The van der Waals surface area contributed by atoms with E-state index < -0.39 is 5.97 Å². The molecule has 1 aromatic heterocycles. The quantitative estimate of drug-likeness (QED) is 0.876. The van der Waals surface area contributed by atoms with Crippen molar-refractivity contribution in [1.29, 1.82) is 0 Å². The monoisotopic (exact) mass is 229 g/mol. The van der Waals surface area contributed by atoms with Crippen LogP contribution in [0.4, 0.5) is 0 Å². The summed E-state index contributed by atoms with van der Waals surface area (Å²) in [6.07, 6.45) is 4.52. The molecule has 0 aliphatic rings. The summed E-state index contributed by atoms with van der Waals surface area (Å²) in [5, 5.41) is 9.87. The zero-order valence-corrected chi connectivity index (χ0v) is 9.81. The van der Waals surface area contributed by atoms with Crippen LogP contribution in [0.15, 0.2) is 31.0 Å². The van der Waals surface area contributed by atoms with Gasteiger partial charge in [0.25, 0.3) is 0 Å². The molecule has 2 rings (SSSR count). The summed E-state index contributed by atoms with van der Waals surface area (Å²) in [4.78, 5) is 10.6. The summed E-state index contributed by atoms with van der Waals surface area (Å²) in [5.41, 5.74) is 3.24. The first kappa shape index (κ1) is 11.5. The highest BCUT2D eigenvalue weighted by atomic mass is 16.4. The van der Waals surface area contributed by atoms with E-state index in [4.69, 9.17) is 5.11 Å². The molecule has 0 aliphatic heterocycles. The minimum atomic E-state index is -0.766. The Morgan fingerprint density at radius 3 is 2.94 bits per heavy atom. The lowest BCUT2D eigenvalue weighted by Gasteiger charge is -2.01. The zero-order valence-electron chi connectivity index (χ0n) is 9.81. The van der Waals surface area contributed by atoms with Crippen LogP contribution in [0.5, 0.6) is 0 Å². The summed E-state index contributed by atoms with van der Waals surface area (Å²) >= 11 is 0. The summed E-state index contributed by atoms with van der Waals surface area (Å²) in [6, 6.07) is 6.02. The Labute approximate surface area is 100.0 Å². The van der Waals surface area contributed by atoms with Gasteiger partial charge in [0.15, 0.2) is 0 Å². The Balaban J connectivity index is 2.55. The highest BCUT2D eigenvalue weighted by Gasteiger charge is 2.10. The number of fused-ring (bicyclic) bond motifs is 1. The molecule has 17 heavy (non-hydrogen) atoms. The van der Waals surface area contributed by atoms with Crippen molar-refractivity contribution < 1.29 is 9.90 Å². The maximum absolute atomic E-state index is 10.6. The van der Waals surface area contributed by atoms with Gasteiger partial charge in [-0.2, -0.15) is 0 Å². The highest BCUT2D eigenvalue weighted by molar-refractivity contribution is 5.92. The number of aliphatic carboxylic acids is 1. The molecule has 0 saturated carbocycles. The van der Waals surface area contributed by atoms with Gasteiger partial charge in [0, 0.05) is 30.6 Å². The van der Waals surface area contributed by atoms with Gasteiger partial charge in [-0.1, -0.05) is 24.8 Å². The Hall–Kier alpha value is -2.03. The smallest absolute Gasteiger partial charge is 0.303 e. The number of carboxylic acid groups (broad SMARTS) is 1. The molecule has 3 nitrogen and oxygen atoms in total. The number of benzene rings is 1. The van der Waals surface area contributed by atoms with Crippen LogP contribution in [0.25, 0.3) is 17.0 Å². The van der Waals surface area contributed by atoms with E-state index in [1.54, 1.807) is 0 Å². The third kappa shape index (κ3) is 2.09. The highest BCUT2D eigenvalue weighted by Crippen LogP contribution is 2.26. The van der Waals surface area contributed by atoms with E-state index in [1.807, 2.05) is 42.1 Å². The Kier molecular flexibility index (Phi) is 3.00. The molecule has 0 aliphatic carbocycles. The number of aromatic nitrogens is 1. The van der Waals surface area contributed by atoms with E-state index in [9.17, 15) is 4.79 Å². The largest absolute Gasteiger partial charge is 0.481 e. The van der Waals surface area contributed by atoms with E-state index in [2.05, 4.69) is 6.58 Å². The number of hydrogen-bond acceptors (Lipinski definition) is 1. The van der Waals surface area contributed by atoms with Crippen molar-refractivity contribution in [1.82, 2.24) is 4.57 Å². The van der Waals surface area contributed by atoms with Crippen LogP contribution in [0.1, 0.15) is 17.5 Å². The molecule has 0 spiro atoms. The van der Waals surface area contributed by atoms with Crippen LogP contribution < -0.4 is 0 Å². The predicted molar refractivity (Wildman–Crippen MR) is 69.0 cm³/mol. The van der Waals surface area contributed by atoms with Gasteiger partial charge in [-0.05, 0) is 23.6 Å². The molecule has 1 heterocycles. The van der Waals surface area contributed by atoms with Crippen LogP contribution in [-0.4, -0.2) is 15.6 Å². The molecular weight excluding hydrogens is 214 g/mol. The number of carbonyl (C=O) groups is 1. The second-order valence-electron chi connectivity index (χ2n) is 4.10. The van der Waals surface area contributed by atoms with Gasteiger partial charge in [0.1, 0.15) is 0 Å². The maximum Gasteiger partial charge on any atom is 0.303 e. The molecule has 0 amide bonds. The normalized spacial score (nSPS) is 10.6. The molecule has 1 N–H and O–H groups in total. The third-order valence-electron chi connectivity index (χ3n) is 2.95. The molecule has 0 bridgehead atoms. The molecule has 3 heteroatoms. The predicted octanol–water partition coefficient (Wildman–Crippen LogP) is 2.84. The van der Waals surface area contributed by atoms with Gasteiger partial charge in [0.2, 0.25) is 0 Å². The fraction of sp³-hybridized carbons (Fsp3) is 0.214. The van der Waals surface area contributed by atoms with Gasteiger partial charge in [-0.25, -0.2) is 0 Å². The zero-order chi connectivity index (χ0) is 12.4. The molecule has 0 unspecified atom stereocenters. The first-order valence-corrected chi connectivity index (χ1v) is 5.54. The Morgan fingerprint density at radius 2 is 2.29 bits per heavy atom. The summed E-state index contributed by atoms with van der Waals surface area (Å²) in [6.45, 7) is 3.80. The molecule has 1 aromatic carbocycles. The van der Waals surface area contributed by atoms with E-state index in [-0.39, 0.29) is 6.42 Å². The van der Waals surface area contributed by atoms with Crippen LogP contribution in [0, 0.1) is 0 Å². The summed E-state index contributed by atoms with van der Waals surface area (Å²) in [7, 11) is 1.97. The van der Waals surface area contributed by atoms with Crippen LogP contribution >= 0.6 is 0 Å². The van der Waals surface area contributed by atoms with E-state index in [0.29, 0.717) is 6.42 Å². The van der Waals surface area contributed by atoms with Gasteiger partial charge < -0.3 is 9.67 Å². The average Bonchev–Trinajstić information content (AvgIpc) is 2.64. The Morgan fingerprint density at radius 1 is 1.53 bits per heavy atom. The van der Waals surface area contributed by atoms with Crippen molar-refractivity contribution in [3.05, 3.63) is 42.1 Å². The number of carboxylic acids is 1. The van der Waals surface area contributed by atoms with Crippen LogP contribution in [-0.2, 0) is 18.3 Å². The van der Waals surface area contributed by atoms with Crippen molar-refractivity contribution in [3.63, 3.8) is 0 Å². The van der Waals surface area contributed by atoms with Gasteiger partial charge in [-0.3, -0.25) is 4.79 Å². The van der Waals surface area contributed by atoms with E-state index in [0.717, 1.165) is 22.0 Å². The van der Waals surface area contributed by atoms with Crippen molar-refractivity contribution >= 4 is 22.9 Å². The molecule has 0 saturated heterocycles. The number of hydrogen-bond donors (Lipinski definition) is 1. The lowest BCUT2D eigenvalue weighted by molar-refractivity contribution is -0.136. The van der Waals surface area contributed by atoms with Crippen molar-refractivity contribution in [2.45, 2.75) is 12.8 Å². The molecule has 2 aromatic rings. The van der Waals surface area contributed by atoms with Crippen molar-refractivity contribution in [2.24, 2.45) is 7.05 Å². The lowest BCUT2D eigenvalue weighted by atomic mass is 10.0. The van der Waals surface area contributed by atoms with Gasteiger partial charge in [0.05, 0.1) is 0 Å². The van der Waals surface area contributed by atoms with Crippen molar-refractivity contribution in [3.8, 4) is 0 Å². The molecule has 0 fully saturated rings. The first-order valence-electron chi connectivity index (χ1n) is 5.54. The molecule has 88 valence electrons. The fourth-order valence-electron chi connectivity index (χ4n) is 2.17. The maximum atomic E-state index is 10.6. The number of aryl methyl sites for hydroxylation is 2. The summed E-state index contributed by atoms with van der Waals surface area (Å²) in [5.74, 6) is -0.766. The Bertz CT molecular complexity index is 581. The van der Waals surface area contributed by atoms with Crippen molar-refractivity contribution in [2.75, 3.05) is 0 Å². The minimum absolute atomic E-state index is 0.157. The van der Waals surface area contributed by atoms with E-state index in [1.165, 1.54) is 0 Å². The standard InChI is InChI=1S/C14H15NO2/c1-3-10-5-4-6-12-14(10)11(9-15(12)2)7-8-13(16)17/h3-6,9H,1,7-8H2,2H3,(H,16,17). The third-order valence-corrected chi connectivity index (χ3v) is 2.95. The van der Waals surface area contributed by atoms with E-state index >= 15 is 0 Å². The molecule has 0 atom stereocenters.